The van der Waals surface area contributed by atoms with Crippen LogP contribution >= 0.6 is 0 Å². The zero-order chi connectivity index (χ0) is 13.1. The molecule has 1 saturated carbocycles. The first-order valence-electron chi connectivity index (χ1n) is 7.32. The van der Waals surface area contributed by atoms with Gasteiger partial charge in [0.2, 0.25) is 0 Å². The van der Waals surface area contributed by atoms with E-state index < -0.39 is 0 Å². The average molecular weight is 262 g/mol. The van der Waals surface area contributed by atoms with Crippen molar-refractivity contribution in [2.45, 2.75) is 56.5 Å². The SMILES string of the molecule is OCC[C@H]1OC2(CCCC2)O[C@@H]1Cc1ccccc1. The summed E-state index contributed by atoms with van der Waals surface area (Å²) in [6.07, 6.45) is 6.01. The second-order valence-electron chi connectivity index (χ2n) is 5.63. The molecule has 0 unspecified atom stereocenters. The van der Waals surface area contributed by atoms with E-state index in [1.54, 1.807) is 0 Å². The fraction of sp³-hybridized carbons (Fsp3) is 0.625. The molecule has 1 heterocycles. The van der Waals surface area contributed by atoms with Crippen molar-refractivity contribution in [2.24, 2.45) is 0 Å². The van der Waals surface area contributed by atoms with Crippen molar-refractivity contribution in [1.29, 1.82) is 0 Å². The highest BCUT2D eigenvalue weighted by atomic mass is 16.8. The number of aliphatic hydroxyl groups excluding tert-OH is 1. The summed E-state index contributed by atoms with van der Waals surface area (Å²) >= 11 is 0. The number of hydrogen-bond acceptors (Lipinski definition) is 3. The minimum absolute atomic E-state index is 0.0308. The van der Waals surface area contributed by atoms with Crippen LogP contribution in [0.15, 0.2) is 30.3 Å². The summed E-state index contributed by atoms with van der Waals surface area (Å²) < 4.78 is 12.4. The van der Waals surface area contributed by atoms with Crippen LogP contribution < -0.4 is 0 Å². The number of hydrogen-bond donors (Lipinski definition) is 1. The molecule has 1 N–H and O–H groups in total. The maximum atomic E-state index is 9.21. The summed E-state index contributed by atoms with van der Waals surface area (Å²) in [7, 11) is 0. The highest BCUT2D eigenvalue weighted by molar-refractivity contribution is 5.16. The standard InChI is InChI=1S/C16H22O3/c17-11-8-14-15(12-13-6-2-1-3-7-13)19-16(18-14)9-4-5-10-16/h1-3,6-7,14-15,17H,4-5,8-12H2/t14-,15-/m1/s1. The van der Waals surface area contributed by atoms with Gasteiger partial charge in [-0.25, -0.2) is 0 Å². The van der Waals surface area contributed by atoms with Crippen LogP contribution in [-0.4, -0.2) is 29.7 Å². The molecule has 3 rings (SSSR count). The van der Waals surface area contributed by atoms with E-state index in [4.69, 9.17) is 9.47 Å². The van der Waals surface area contributed by atoms with Crippen LogP contribution in [0.4, 0.5) is 0 Å². The third-order valence-electron chi connectivity index (χ3n) is 4.21. The Bertz CT molecular complexity index is 398. The Morgan fingerprint density at radius 1 is 1.05 bits per heavy atom. The molecule has 3 nitrogen and oxygen atoms in total. The lowest BCUT2D eigenvalue weighted by atomic mass is 10.0. The van der Waals surface area contributed by atoms with E-state index in [0.29, 0.717) is 6.42 Å². The molecule has 0 amide bonds. The summed E-state index contributed by atoms with van der Waals surface area (Å²) in [6.45, 7) is 0.162. The van der Waals surface area contributed by atoms with Gasteiger partial charge >= 0.3 is 0 Å². The zero-order valence-corrected chi connectivity index (χ0v) is 11.3. The van der Waals surface area contributed by atoms with Crippen molar-refractivity contribution in [3.8, 4) is 0 Å². The molecule has 1 aliphatic heterocycles. The molecule has 1 aromatic carbocycles. The van der Waals surface area contributed by atoms with E-state index in [1.165, 1.54) is 18.4 Å². The zero-order valence-electron chi connectivity index (χ0n) is 11.3. The molecule has 0 bridgehead atoms. The Kier molecular flexibility index (Phi) is 3.87. The third-order valence-corrected chi connectivity index (χ3v) is 4.21. The first kappa shape index (κ1) is 13.1. The molecule has 19 heavy (non-hydrogen) atoms. The summed E-state index contributed by atoms with van der Waals surface area (Å²) in [5.41, 5.74) is 1.27. The molecule has 104 valence electrons. The van der Waals surface area contributed by atoms with Gasteiger partial charge in [0.1, 0.15) is 0 Å². The van der Waals surface area contributed by atoms with E-state index in [-0.39, 0.29) is 24.6 Å². The van der Waals surface area contributed by atoms with E-state index >= 15 is 0 Å². The van der Waals surface area contributed by atoms with Crippen LogP contribution in [0.1, 0.15) is 37.7 Å². The minimum Gasteiger partial charge on any atom is -0.396 e. The molecule has 0 aromatic heterocycles. The first-order valence-corrected chi connectivity index (χ1v) is 7.32. The van der Waals surface area contributed by atoms with Crippen LogP contribution in [0.5, 0.6) is 0 Å². The molecule has 1 aromatic rings. The van der Waals surface area contributed by atoms with Gasteiger partial charge in [0.25, 0.3) is 0 Å². The number of aliphatic hydroxyl groups is 1. The van der Waals surface area contributed by atoms with E-state index in [0.717, 1.165) is 19.3 Å². The lowest BCUT2D eigenvalue weighted by Crippen LogP contribution is -2.27. The van der Waals surface area contributed by atoms with Crippen molar-refractivity contribution >= 4 is 0 Å². The highest BCUT2D eigenvalue weighted by Crippen LogP contribution is 2.43. The van der Waals surface area contributed by atoms with E-state index in [2.05, 4.69) is 24.3 Å². The van der Waals surface area contributed by atoms with Crippen LogP contribution in [0.25, 0.3) is 0 Å². The van der Waals surface area contributed by atoms with Crippen molar-refractivity contribution in [1.82, 2.24) is 0 Å². The molecule has 2 aliphatic rings. The number of benzene rings is 1. The van der Waals surface area contributed by atoms with E-state index in [1.807, 2.05) is 6.07 Å². The molecule has 2 atom stereocenters. The van der Waals surface area contributed by atoms with Gasteiger partial charge in [-0.1, -0.05) is 30.3 Å². The molecule has 2 fully saturated rings. The summed E-state index contributed by atoms with van der Waals surface area (Å²) in [4.78, 5) is 0. The molecule has 1 aliphatic carbocycles. The fourth-order valence-corrected chi connectivity index (χ4v) is 3.27. The van der Waals surface area contributed by atoms with Gasteiger partial charge in [-0.05, 0) is 24.8 Å². The molecule has 1 spiro atoms. The summed E-state index contributed by atoms with van der Waals surface area (Å²) in [5.74, 6) is -0.348. The van der Waals surface area contributed by atoms with Gasteiger partial charge < -0.3 is 14.6 Å². The topological polar surface area (TPSA) is 38.7 Å². The molecular weight excluding hydrogens is 240 g/mol. The Hall–Kier alpha value is -0.900. The molecule has 0 radical (unpaired) electrons. The molecular formula is C16H22O3. The fourth-order valence-electron chi connectivity index (χ4n) is 3.27. The second-order valence-corrected chi connectivity index (χ2v) is 5.63. The Morgan fingerprint density at radius 3 is 2.42 bits per heavy atom. The van der Waals surface area contributed by atoms with Crippen molar-refractivity contribution in [3.63, 3.8) is 0 Å². The van der Waals surface area contributed by atoms with Crippen molar-refractivity contribution < 1.29 is 14.6 Å². The van der Waals surface area contributed by atoms with Crippen LogP contribution in [0.2, 0.25) is 0 Å². The summed E-state index contributed by atoms with van der Waals surface area (Å²) in [5, 5.41) is 9.21. The lowest BCUT2D eigenvalue weighted by Gasteiger charge is -2.22. The van der Waals surface area contributed by atoms with Gasteiger partial charge in [0, 0.05) is 25.9 Å². The maximum Gasteiger partial charge on any atom is 0.169 e. The maximum absolute atomic E-state index is 9.21. The van der Waals surface area contributed by atoms with Crippen LogP contribution in [0, 0.1) is 0 Å². The largest absolute Gasteiger partial charge is 0.396 e. The number of rotatable bonds is 4. The first-order chi connectivity index (χ1) is 9.31. The molecule has 3 heteroatoms. The predicted octanol–water partition coefficient (Wildman–Crippen LogP) is 2.67. The Balaban J connectivity index is 1.71. The minimum atomic E-state index is -0.348. The second kappa shape index (κ2) is 5.61. The van der Waals surface area contributed by atoms with Crippen molar-refractivity contribution in [3.05, 3.63) is 35.9 Å². The average Bonchev–Trinajstić information content (AvgIpc) is 3.00. The third kappa shape index (κ3) is 2.83. The van der Waals surface area contributed by atoms with Crippen LogP contribution in [0.3, 0.4) is 0 Å². The Morgan fingerprint density at radius 2 is 1.74 bits per heavy atom. The quantitative estimate of drug-likeness (QED) is 0.906. The van der Waals surface area contributed by atoms with E-state index in [9.17, 15) is 5.11 Å². The number of ether oxygens (including phenoxy) is 2. The highest BCUT2D eigenvalue weighted by Gasteiger charge is 2.48. The Labute approximate surface area is 114 Å². The van der Waals surface area contributed by atoms with Crippen molar-refractivity contribution in [2.75, 3.05) is 6.61 Å². The van der Waals surface area contributed by atoms with Gasteiger partial charge in [0.05, 0.1) is 12.2 Å². The summed E-state index contributed by atoms with van der Waals surface area (Å²) in [6, 6.07) is 10.4. The smallest absolute Gasteiger partial charge is 0.169 e. The van der Waals surface area contributed by atoms with Gasteiger partial charge in [-0.3, -0.25) is 0 Å². The lowest BCUT2D eigenvalue weighted by molar-refractivity contribution is -0.169. The van der Waals surface area contributed by atoms with Gasteiger partial charge in [0.15, 0.2) is 5.79 Å². The van der Waals surface area contributed by atoms with Gasteiger partial charge in [-0.15, -0.1) is 0 Å². The predicted molar refractivity (Wildman–Crippen MR) is 72.8 cm³/mol. The van der Waals surface area contributed by atoms with Crippen LogP contribution in [-0.2, 0) is 15.9 Å². The molecule has 1 saturated heterocycles. The monoisotopic (exact) mass is 262 g/mol. The normalized spacial score (nSPS) is 29.1. The van der Waals surface area contributed by atoms with Gasteiger partial charge in [-0.2, -0.15) is 0 Å².